The van der Waals surface area contributed by atoms with E-state index in [2.05, 4.69) is 61.4 Å². The third-order valence-electron chi connectivity index (χ3n) is 2.83. The summed E-state index contributed by atoms with van der Waals surface area (Å²) in [5.41, 5.74) is 3.36. The van der Waals surface area contributed by atoms with E-state index >= 15 is 0 Å². The lowest BCUT2D eigenvalue weighted by atomic mass is 10.1. The molecule has 1 atom stereocenters. The van der Waals surface area contributed by atoms with Gasteiger partial charge in [-0.3, -0.25) is 0 Å². The van der Waals surface area contributed by atoms with Gasteiger partial charge in [0.25, 0.3) is 0 Å². The fraction of sp³-hybridized carbons (Fsp3) is 0.529. The van der Waals surface area contributed by atoms with Gasteiger partial charge in [0.15, 0.2) is 11.5 Å². The van der Waals surface area contributed by atoms with Crippen LogP contribution in [0.3, 0.4) is 0 Å². The van der Waals surface area contributed by atoms with Gasteiger partial charge in [-0.15, -0.1) is 5.10 Å². The van der Waals surface area contributed by atoms with Crippen molar-refractivity contribution in [3.05, 3.63) is 29.3 Å². The summed E-state index contributed by atoms with van der Waals surface area (Å²) in [5, 5.41) is 21.6. The number of hydrogen-bond acceptors (Lipinski definition) is 5. The highest BCUT2D eigenvalue weighted by molar-refractivity contribution is 8.14. The molecule has 0 fully saturated rings. The van der Waals surface area contributed by atoms with Crippen molar-refractivity contribution in [1.82, 2.24) is 0 Å². The molecule has 1 aromatic rings. The van der Waals surface area contributed by atoms with Crippen LogP contribution in [-0.2, 0) is 4.74 Å². The van der Waals surface area contributed by atoms with Crippen LogP contribution in [-0.4, -0.2) is 35.1 Å². The summed E-state index contributed by atoms with van der Waals surface area (Å²) >= 11 is 1.51. The summed E-state index contributed by atoms with van der Waals surface area (Å²) in [7, 11) is 0. The molecule has 1 aromatic carbocycles. The number of nitrogens with zero attached hydrogens (tertiary/aromatic N) is 2. The van der Waals surface area contributed by atoms with Crippen LogP contribution in [0.15, 0.2) is 28.4 Å². The number of nitrogens with one attached hydrogen (secondary N) is 1. The van der Waals surface area contributed by atoms with Crippen LogP contribution < -0.4 is 5.32 Å². The molecule has 6 heteroatoms. The van der Waals surface area contributed by atoms with Crippen molar-refractivity contribution in [2.24, 2.45) is 16.1 Å². The Morgan fingerprint density at radius 2 is 2.09 bits per heavy atom. The molecule has 0 aliphatic rings. The van der Waals surface area contributed by atoms with E-state index in [0.717, 1.165) is 11.3 Å². The van der Waals surface area contributed by atoms with Gasteiger partial charge >= 0.3 is 0 Å². The standard InChI is InChI=1S/C17H27N3O2S/c1-12(2)11-18-20-17(23-9-8-22-15(5)21)19-16-10-13(3)6-7-14(16)4/h6-7,10-12,15,21H,8-9H2,1-5H3,(H,19,20)/b18-11+. The first-order valence-corrected chi connectivity index (χ1v) is 8.75. The van der Waals surface area contributed by atoms with E-state index < -0.39 is 6.29 Å². The first kappa shape index (κ1) is 19.7. The van der Waals surface area contributed by atoms with Crippen LogP contribution in [0.5, 0.6) is 0 Å². The molecule has 0 heterocycles. The topological polar surface area (TPSA) is 66.2 Å². The number of amidine groups is 1. The SMILES string of the molecule is Cc1ccc(C)c(N/C(=N/N=C/C(C)C)SCCOC(C)O)c1. The molecule has 0 bridgehead atoms. The summed E-state index contributed by atoms with van der Waals surface area (Å²) in [4.78, 5) is 0. The van der Waals surface area contributed by atoms with E-state index in [0.29, 0.717) is 23.4 Å². The summed E-state index contributed by atoms with van der Waals surface area (Å²) in [6.07, 6.45) is 1.05. The van der Waals surface area contributed by atoms with Gasteiger partial charge in [-0.2, -0.15) is 5.10 Å². The Kier molecular flexibility index (Phi) is 8.91. The van der Waals surface area contributed by atoms with Crippen LogP contribution in [0.25, 0.3) is 0 Å². The minimum atomic E-state index is -0.748. The second kappa shape index (κ2) is 10.4. The largest absolute Gasteiger partial charge is 0.368 e. The summed E-state index contributed by atoms with van der Waals surface area (Å²) in [6.45, 7) is 10.3. The number of ether oxygens (including phenoxy) is 1. The molecule has 1 unspecified atom stereocenters. The van der Waals surface area contributed by atoms with Gasteiger partial charge in [0.2, 0.25) is 0 Å². The van der Waals surface area contributed by atoms with E-state index in [1.807, 2.05) is 0 Å². The van der Waals surface area contributed by atoms with Crippen LogP contribution >= 0.6 is 11.8 Å². The van der Waals surface area contributed by atoms with E-state index in [1.165, 1.54) is 17.3 Å². The molecular formula is C17H27N3O2S. The number of rotatable bonds is 7. The minimum absolute atomic E-state index is 0.351. The van der Waals surface area contributed by atoms with Crippen molar-refractivity contribution in [2.45, 2.75) is 40.9 Å². The zero-order valence-corrected chi connectivity index (χ0v) is 15.4. The molecule has 0 amide bonds. The summed E-state index contributed by atoms with van der Waals surface area (Å²) in [6, 6.07) is 6.25. The smallest absolute Gasteiger partial charge is 0.187 e. The number of anilines is 1. The summed E-state index contributed by atoms with van der Waals surface area (Å²) in [5.74, 6) is 1.03. The van der Waals surface area contributed by atoms with Crippen LogP contribution in [0.4, 0.5) is 5.69 Å². The van der Waals surface area contributed by atoms with Gasteiger partial charge in [-0.05, 0) is 43.9 Å². The Morgan fingerprint density at radius 3 is 2.74 bits per heavy atom. The van der Waals surface area contributed by atoms with Crippen molar-refractivity contribution in [1.29, 1.82) is 0 Å². The highest BCUT2D eigenvalue weighted by atomic mass is 32.2. The Labute approximate surface area is 143 Å². The number of benzene rings is 1. The molecule has 0 saturated heterocycles. The predicted octanol–water partition coefficient (Wildman–Crippen LogP) is 3.80. The first-order chi connectivity index (χ1) is 10.9. The third-order valence-corrected chi connectivity index (χ3v) is 3.66. The van der Waals surface area contributed by atoms with Gasteiger partial charge in [0, 0.05) is 17.7 Å². The van der Waals surface area contributed by atoms with Gasteiger partial charge in [-0.1, -0.05) is 37.7 Å². The molecule has 128 valence electrons. The normalized spacial score (nSPS) is 13.8. The van der Waals surface area contributed by atoms with Crippen molar-refractivity contribution >= 4 is 28.8 Å². The predicted molar refractivity (Wildman–Crippen MR) is 100 cm³/mol. The number of aliphatic hydroxyl groups excluding tert-OH is 1. The molecule has 23 heavy (non-hydrogen) atoms. The molecular weight excluding hydrogens is 310 g/mol. The summed E-state index contributed by atoms with van der Waals surface area (Å²) < 4.78 is 5.14. The first-order valence-electron chi connectivity index (χ1n) is 7.76. The fourth-order valence-corrected chi connectivity index (χ4v) is 2.31. The van der Waals surface area contributed by atoms with Crippen molar-refractivity contribution in [3.8, 4) is 0 Å². The zero-order valence-electron chi connectivity index (χ0n) is 14.5. The Balaban J connectivity index is 2.75. The van der Waals surface area contributed by atoms with E-state index in [9.17, 15) is 0 Å². The molecule has 0 aliphatic carbocycles. The molecule has 5 nitrogen and oxygen atoms in total. The quantitative estimate of drug-likeness (QED) is 0.261. The molecule has 0 radical (unpaired) electrons. The third kappa shape index (κ3) is 8.74. The highest BCUT2D eigenvalue weighted by Gasteiger charge is 2.05. The Bertz CT molecular complexity index is 543. The maximum Gasteiger partial charge on any atom is 0.187 e. The van der Waals surface area contributed by atoms with Crippen LogP contribution in [0, 0.1) is 19.8 Å². The average molecular weight is 337 g/mol. The fourth-order valence-electron chi connectivity index (χ4n) is 1.65. The van der Waals surface area contributed by atoms with Crippen LogP contribution in [0.1, 0.15) is 31.9 Å². The average Bonchev–Trinajstić information content (AvgIpc) is 2.46. The van der Waals surface area contributed by atoms with E-state index in [4.69, 9.17) is 9.84 Å². The molecule has 0 aromatic heterocycles. The van der Waals surface area contributed by atoms with Crippen LogP contribution in [0.2, 0.25) is 0 Å². The lowest BCUT2D eigenvalue weighted by molar-refractivity contribution is -0.0790. The lowest BCUT2D eigenvalue weighted by Gasteiger charge is -2.12. The Morgan fingerprint density at radius 1 is 1.35 bits per heavy atom. The van der Waals surface area contributed by atoms with Gasteiger partial charge < -0.3 is 15.2 Å². The lowest BCUT2D eigenvalue weighted by Crippen LogP contribution is -2.13. The van der Waals surface area contributed by atoms with Crippen molar-refractivity contribution < 1.29 is 9.84 Å². The number of aryl methyl sites for hydroxylation is 2. The number of hydrogen-bond donors (Lipinski definition) is 2. The van der Waals surface area contributed by atoms with Gasteiger partial charge in [0.1, 0.15) is 0 Å². The maximum absolute atomic E-state index is 9.12. The number of aliphatic hydroxyl groups is 1. The molecule has 0 aliphatic heterocycles. The van der Waals surface area contributed by atoms with Gasteiger partial charge in [0.05, 0.1) is 6.61 Å². The molecule has 0 saturated carbocycles. The van der Waals surface area contributed by atoms with E-state index in [1.54, 1.807) is 13.1 Å². The molecule has 0 spiro atoms. The Hall–Kier alpha value is -1.37. The minimum Gasteiger partial charge on any atom is -0.368 e. The van der Waals surface area contributed by atoms with E-state index in [-0.39, 0.29) is 0 Å². The molecule has 1 rings (SSSR count). The van der Waals surface area contributed by atoms with Gasteiger partial charge in [-0.25, -0.2) is 0 Å². The second-order valence-corrected chi connectivity index (χ2v) is 6.76. The van der Waals surface area contributed by atoms with Crippen molar-refractivity contribution in [2.75, 3.05) is 17.7 Å². The number of thioether (sulfide) groups is 1. The molecule has 2 N–H and O–H groups in total. The van der Waals surface area contributed by atoms with Crippen molar-refractivity contribution in [3.63, 3.8) is 0 Å². The second-order valence-electron chi connectivity index (χ2n) is 5.68. The highest BCUT2D eigenvalue weighted by Crippen LogP contribution is 2.19. The zero-order chi connectivity index (χ0) is 17.2. The monoisotopic (exact) mass is 337 g/mol. The maximum atomic E-state index is 9.12.